The maximum Gasteiger partial charge on any atom is 0.213 e. The van der Waals surface area contributed by atoms with Crippen LogP contribution >= 0.6 is 39.1 Å². The summed E-state index contributed by atoms with van der Waals surface area (Å²) in [6, 6.07) is 9.67. The number of nitrogens with zero attached hydrogens (tertiary/aromatic N) is 1. The fraction of sp³-hybridized carbons (Fsp3) is 0.154. The van der Waals surface area contributed by atoms with Crippen molar-refractivity contribution in [3.05, 3.63) is 57.2 Å². The fourth-order valence-corrected chi connectivity index (χ4v) is 2.33. The van der Waals surface area contributed by atoms with Crippen LogP contribution in [0, 0.1) is 0 Å². The second-order valence-corrected chi connectivity index (χ2v) is 5.26. The van der Waals surface area contributed by atoms with E-state index < -0.39 is 0 Å². The normalized spacial score (nSPS) is 10.4. The van der Waals surface area contributed by atoms with Gasteiger partial charge >= 0.3 is 0 Å². The highest BCUT2D eigenvalue weighted by Gasteiger charge is 2.04. The smallest absolute Gasteiger partial charge is 0.213 e. The molecule has 0 saturated carbocycles. The van der Waals surface area contributed by atoms with E-state index in [0.29, 0.717) is 23.4 Å². The van der Waals surface area contributed by atoms with Crippen LogP contribution in [0.25, 0.3) is 0 Å². The lowest BCUT2D eigenvalue weighted by molar-refractivity contribution is 0.293. The van der Waals surface area contributed by atoms with E-state index in [1.807, 2.05) is 24.3 Å². The molecule has 2 aromatic rings. The summed E-state index contributed by atoms with van der Waals surface area (Å²) in [6.07, 6.45) is 1.55. The molecule has 0 aliphatic rings. The van der Waals surface area contributed by atoms with E-state index >= 15 is 0 Å². The summed E-state index contributed by atoms with van der Waals surface area (Å²) in [5, 5.41) is 0.555. The highest BCUT2D eigenvalue weighted by molar-refractivity contribution is 9.10. The predicted octanol–water partition coefficient (Wildman–Crippen LogP) is 4.82. The number of rotatable bonds is 4. The first kappa shape index (κ1) is 13.7. The zero-order valence-corrected chi connectivity index (χ0v) is 12.5. The monoisotopic (exact) mass is 345 g/mol. The third kappa shape index (κ3) is 3.61. The minimum Gasteiger partial charge on any atom is -0.473 e. The SMILES string of the molecule is ClCc1cc(OCc2cccc(Br)c2)ncc1Cl. The minimum atomic E-state index is 0.342. The van der Waals surface area contributed by atoms with Gasteiger partial charge in [-0.15, -0.1) is 11.6 Å². The van der Waals surface area contributed by atoms with Gasteiger partial charge in [-0.25, -0.2) is 4.98 Å². The maximum atomic E-state index is 5.93. The number of halogens is 3. The second-order valence-electron chi connectivity index (χ2n) is 3.67. The molecule has 0 bridgehead atoms. The molecule has 0 saturated heterocycles. The molecule has 2 nitrogen and oxygen atoms in total. The molecule has 94 valence electrons. The number of hydrogen-bond donors (Lipinski definition) is 0. The van der Waals surface area contributed by atoms with E-state index in [9.17, 15) is 0 Å². The number of pyridine rings is 1. The van der Waals surface area contributed by atoms with Gasteiger partial charge in [-0.1, -0.05) is 39.7 Å². The molecule has 1 heterocycles. The second kappa shape index (κ2) is 6.41. The largest absolute Gasteiger partial charge is 0.473 e. The van der Waals surface area contributed by atoms with Crippen LogP contribution in [-0.4, -0.2) is 4.98 Å². The summed E-state index contributed by atoms with van der Waals surface area (Å²) < 4.78 is 6.62. The van der Waals surface area contributed by atoms with Gasteiger partial charge in [0.15, 0.2) is 0 Å². The molecule has 0 aliphatic heterocycles. The van der Waals surface area contributed by atoms with Crippen LogP contribution in [0.5, 0.6) is 5.88 Å². The summed E-state index contributed by atoms with van der Waals surface area (Å²) >= 11 is 15.1. The zero-order valence-electron chi connectivity index (χ0n) is 9.37. The molecule has 0 spiro atoms. The van der Waals surface area contributed by atoms with Gasteiger partial charge in [0.25, 0.3) is 0 Å². The molecule has 2 rings (SSSR count). The van der Waals surface area contributed by atoms with Crippen molar-refractivity contribution in [1.29, 1.82) is 0 Å². The van der Waals surface area contributed by atoms with Gasteiger partial charge in [0.1, 0.15) is 6.61 Å². The van der Waals surface area contributed by atoms with Crippen LogP contribution < -0.4 is 4.74 Å². The van der Waals surface area contributed by atoms with Crippen molar-refractivity contribution in [2.24, 2.45) is 0 Å². The molecule has 0 aliphatic carbocycles. The van der Waals surface area contributed by atoms with Gasteiger partial charge in [-0.05, 0) is 23.3 Å². The lowest BCUT2D eigenvalue weighted by atomic mass is 10.2. The van der Waals surface area contributed by atoms with Crippen molar-refractivity contribution in [3.63, 3.8) is 0 Å². The Morgan fingerprint density at radius 2 is 2.11 bits per heavy atom. The summed E-state index contributed by atoms with van der Waals surface area (Å²) in [6.45, 7) is 0.454. The van der Waals surface area contributed by atoms with Gasteiger partial charge < -0.3 is 4.74 Å². The van der Waals surface area contributed by atoms with Crippen LogP contribution in [-0.2, 0) is 12.5 Å². The molecule has 0 N–H and O–H groups in total. The Labute approximate surface area is 124 Å². The average Bonchev–Trinajstić information content (AvgIpc) is 2.38. The van der Waals surface area contributed by atoms with Crippen LogP contribution in [0.3, 0.4) is 0 Å². The number of benzene rings is 1. The highest BCUT2D eigenvalue weighted by Crippen LogP contribution is 2.21. The zero-order chi connectivity index (χ0) is 13.0. The Morgan fingerprint density at radius 1 is 1.28 bits per heavy atom. The predicted molar refractivity (Wildman–Crippen MR) is 77.3 cm³/mol. The molecule has 0 radical (unpaired) electrons. The standard InChI is InChI=1S/C13H10BrCl2NO/c14-11-3-1-2-9(4-11)8-18-13-5-10(6-15)12(16)7-17-13/h1-5,7H,6,8H2. The molecular formula is C13H10BrCl2NO. The highest BCUT2D eigenvalue weighted by atomic mass is 79.9. The first-order valence-electron chi connectivity index (χ1n) is 5.26. The molecule has 5 heteroatoms. The molecule has 1 aromatic heterocycles. The van der Waals surface area contributed by atoms with Crippen molar-refractivity contribution in [1.82, 2.24) is 4.98 Å². The summed E-state index contributed by atoms with van der Waals surface area (Å²) in [5.74, 6) is 0.865. The Morgan fingerprint density at radius 3 is 2.83 bits per heavy atom. The van der Waals surface area contributed by atoms with Gasteiger partial charge in [-0.3, -0.25) is 0 Å². The van der Waals surface area contributed by atoms with Gasteiger partial charge in [0.05, 0.1) is 5.02 Å². The minimum absolute atomic E-state index is 0.342. The lowest BCUT2D eigenvalue weighted by Crippen LogP contribution is -1.98. The van der Waals surface area contributed by atoms with Crippen LogP contribution in [0.1, 0.15) is 11.1 Å². The number of aromatic nitrogens is 1. The first-order chi connectivity index (χ1) is 8.69. The maximum absolute atomic E-state index is 5.93. The quantitative estimate of drug-likeness (QED) is 0.741. The summed E-state index contributed by atoms with van der Waals surface area (Å²) in [5.41, 5.74) is 1.88. The average molecular weight is 347 g/mol. The van der Waals surface area contributed by atoms with Crippen molar-refractivity contribution in [2.75, 3.05) is 0 Å². The van der Waals surface area contributed by atoms with Gasteiger partial charge in [-0.2, -0.15) is 0 Å². The third-order valence-electron chi connectivity index (χ3n) is 2.33. The summed E-state index contributed by atoms with van der Waals surface area (Å²) in [4.78, 5) is 4.10. The fourth-order valence-electron chi connectivity index (χ4n) is 1.42. The number of hydrogen-bond acceptors (Lipinski definition) is 2. The number of ether oxygens (including phenoxy) is 1. The topological polar surface area (TPSA) is 22.1 Å². The molecule has 18 heavy (non-hydrogen) atoms. The Hall–Kier alpha value is -0.770. The van der Waals surface area contributed by atoms with Crippen LogP contribution in [0.4, 0.5) is 0 Å². The summed E-state index contributed by atoms with van der Waals surface area (Å²) in [7, 11) is 0. The molecular weight excluding hydrogens is 337 g/mol. The van der Waals surface area contributed by atoms with E-state index in [4.69, 9.17) is 27.9 Å². The van der Waals surface area contributed by atoms with Gasteiger partial charge in [0.2, 0.25) is 5.88 Å². The van der Waals surface area contributed by atoms with Crippen molar-refractivity contribution in [3.8, 4) is 5.88 Å². The Balaban J connectivity index is 2.06. The van der Waals surface area contributed by atoms with Crippen LogP contribution in [0.2, 0.25) is 5.02 Å². The number of alkyl halides is 1. The van der Waals surface area contributed by atoms with Crippen LogP contribution in [0.15, 0.2) is 41.0 Å². The lowest BCUT2D eigenvalue weighted by Gasteiger charge is -2.07. The van der Waals surface area contributed by atoms with E-state index in [1.54, 1.807) is 12.3 Å². The van der Waals surface area contributed by atoms with E-state index in [2.05, 4.69) is 20.9 Å². The van der Waals surface area contributed by atoms with Crippen molar-refractivity contribution >= 4 is 39.1 Å². The third-order valence-corrected chi connectivity index (χ3v) is 3.45. The van der Waals surface area contributed by atoms with Crippen molar-refractivity contribution < 1.29 is 4.74 Å². The van der Waals surface area contributed by atoms with Gasteiger partial charge in [0, 0.05) is 22.6 Å². The Bertz CT molecular complexity index is 548. The molecule has 1 aromatic carbocycles. The van der Waals surface area contributed by atoms with E-state index in [-0.39, 0.29) is 0 Å². The molecule has 0 unspecified atom stereocenters. The molecule has 0 atom stereocenters. The van der Waals surface area contributed by atoms with E-state index in [0.717, 1.165) is 15.6 Å². The molecule has 0 fully saturated rings. The Kier molecular flexibility index (Phi) is 4.87. The first-order valence-corrected chi connectivity index (χ1v) is 6.97. The van der Waals surface area contributed by atoms with Crippen molar-refractivity contribution in [2.45, 2.75) is 12.5 Å². The van der Waals surface area contributed by atoms with E-state index in [1.165, 1.54) is 0 Å². The molecule has 0 amide bonds.